The molecule has 2 N–H and O–H groups in total. The number of likely N-dealkylation sites (tertiary alicyclic amines) is 2. The summed E-state index contributed by atoms with van der Waals surface area (Å²) in [7, 11) is 1.32. The minimum Gasteiger partial charge on any atom is -0.473 e. The van der Waals surface area contributed by atoms with E-state index in [0.29, 0.717) is 29.7 Å². The number of benzene rings is 4. The summed E-state index contributed by atoms with van der Waals surface area (Å²) < 4.78 is 20.2. The van der Waals surface area contributed by atoms with Gasteiger partial charge in [-0.05, 0) is 128 Å². The van der Waals surface area contributed by atoms with Crippen molar-refractivity contribution in [3.05, 3.63) is 161 Å². The molecule has 2 aromatic heterocycles. The highest BCUT2D eigenvalue weighted by Crippen LogP contribution is 2.27. The van der Waals surface area contributed by atoms with Gasteiger partial charge < -0.3 is 38.2 Å². The average Bonchev–Trinajstić information content (AvgIpc) is 4.13. The average molecular weight is 962 g/mol. The largest absolute Gasteiger partial charge is 0.491 e. The zero-order chi connectivity index (χ0) is 46.8. The first-order valence-electron chi connectivity index (χ1n) is 21.8. The maximum absolute atomic E-state index is 13.4. The van der Waals surface area contributed by atoms with Crippen LogP contribution in [0.1, 0.15) is 70.4 Å². The SMILES string of the molecule is COC(=O)c1ccc(CN(C(=O)N2CCCCC2)c2ccc(-c3ccoc3)cc2)cc1.COC(=O)c1ccc(CN(C(=O)N2CCCCC2)c2ccc(Br)cc2)cc1.OB(O)c1ccoc1. The number of urea groups is 2. The number of rotatable bonds is 10. The lowest BCUT2D eigenvalue weighted by Gasteiger charge is -2.33. The first-order valence-corrected chi connectivity index (χ1v) is 22.6. The minimum atomic E-state index is -1.41. The topological polar surface area (TPSA) is 166 Å². The van der Waals surface area contributed by atoms with Gasteiger partial charge in [0.2, 0.25) is 0 Å². The standard InChI is InChI=1S/C25H26N2O4.C21H23BrN2O3.C4H5BO3/c1-30-24(28)21-7-5-19(6-8-21)17-27(25(29)26-14-3-2-4-15-26)23-11-9-20(10-12-23)22-13-16-31-18-22;1-27-20(25)17-7-5-16(6-8-17)15-24(19-11-9-18(22)10-12-19)21(26)23-13-3-2-4-14-23;6-5(7)4-1-2-8-3-4/h5-13,16,18H,2-4,14-15,17H2,1H3;5-12H,2-4,13-15H2,1H3;1-3,6-7H. The number of amides is 4. The fourth-order valence-electron chi connectivity index (χ4n) is 7.45. The van der Waals surface area contributed by atoms with E-state index < -0.39 is 7.12 Å². The molecule has 0 spiro atoms. The molecule has 4 aromatic carbocycles. The van der Waals surface area contributed by atoms with Gasteiger partial charge in [-0.25, -0.2) is 19.2 Å². The van der Waals surface area contributed by atoms with Gasteiger partial charge in [0.1, 0.15) is 0 Å². The Bertz CT molecular complexity index is 2420. The molecule has 16 heteroatoms. The number of methoxy groups -OCH3 is 2. The second-order valence-corrected chi connectivity index (χ2v) is 16.6. The first kappa shape index (κ1) is 48.8. The van der Waals surface area contributed by atoms with E-state index in [1.54, 1.807) is 46.6 Å². The summed E-state index contributed by atoms with van der Waals surface area (Å²) in [4.78, 5) is 57.4. The van der Waals surface area contributed by atoms with Crippen molar-refractivity contribution in [1.82, 2.24) is 9.80 Å². The predicted octanol–water partition coefficient (Wildman–Crippen LogP) is 9.15. The Morgan fingerprint density at radius 1 is 0.561 bits per heavy atom. The van der Waals surface area contributed by atoms with Gasteiger partial charge in [-0.1, -0.05) is 52.3 Å². The Balaban J connectivity index is 0.000000188. The van der Waals surface area contributed by atoms with Gasteiger partial charge in [0, 0.05) is 53.1 Å². The Morgan fingerprint density at radius 3 is 1.35 bits per heavy atom. The second-order valence-electron chi connectivity index (χ2n) is 15.7. The summed E-state index contributed by atoms with van der Waals surface area (Å²) in [5, 5.41) is 16.8. The number of hydrogen-bond acceptors (Lipinski definition) is 10. The molecule has 0 radical (unpaired) electrons. The molecule has 2 aliphatic rings. The summed E-state index contributed by atoms with van der Waals surface area (Å²) in [6.45, 7) is 4.02. The number of piperidine rings is 2. The molecule has 66 heavy (non-hydrogen) atoms. The van der Waals surface area contributed by atoms with E-state index in [1.807, 2.05) is 88.7 Å². The van der Waals surface area contributed by atoms with E-state index >= 15 is 0 Å². The lowest BCUT2D eigenvalue weighted by Crippen LogP contribution is -2.45. The molecule has 2 saturated heterocycles. The Kier molecular flexibility index (Phi) is 18.2. The summed E-state index contributed by atoms with van der Waals surface area (Å²) in [5.74, 6) is -0.738. The molecule has 6 aromatic rings. The van der Waals surface area contributed by atoms with E-state index in [-0.39, 0.29) is 24.0 Å². The fourth-order valence-corrected chi connectivity index (χ4v) is 7.71. The third-order valence-electron chi connectivity index (χ3n) is 11.2. The van der Waals surface area contributed by atoms with Crippen LogP contribution in [0.15, 0.2) is 148 Å². The highest BCUT2D eigenvalue weighted by atomic mass is 79.9. The van der Waals surface area contributed by atoms with Crippen molar-refractivity contribution >= 4 is 63.9 Å². The van der Waals surface area contributed by atoms with Gasteiger partial charge in [0.15, 0.2) is 0 Å². The number of anilines is 2. The quantitative estimate of drug-likeness (QED) is 0.0999. The Labute approximate surface area is 393 Å². The Morgan fingerprint density at radius 2 is 0.985 bits per heavy atom. The van der Waals surface area contributed by atoms with Gasteiger partial charge in [-0.15, -0.1) is 0 Å². The number of nitrogens with zero attached hydrogens (tertiary/aromatic N) is 4. The molecule has 4 heterocycles. The van der Waals surface area contributed by atoms with E-state index in [0.717, 1.165) is 96.4 Å². The molecule has 14 nitrogen and oxygen atoms in total. The number of hydrogen-bond donors (Lipinski definition) is 2. The molecular weight excluding hydrogens is 907 g/mol. The molecule has 0 bridgehead atoms. The van der Waals surface area contributed by atoms with Gasteiger partial charge >= 0.3 is 31.1 Å². The number of carbonyl (C=O) groups is 4. The maximum Gasteiger partial charge on any atom is 0.491 e. The van der Waals surface area contributed by atoms with Gasteiger partial charge in [-0.2, -0.15) is 0 Å². The smallest absolute Gasteiger partial charge is 0.473 e. The lowest BCUT2D eigenvalue weighted by molar-refractivity contribution is 0.0592. The summed E-state index contributed by atoms with van der Waals surface area (Å²) in [6, 6.07) is 33.5. The van der Waals surface area contributed by atoms with Crippen LogP contribution in [0.25, 0.3) is 11.1 Å². The Hall–Kier alpha value is -6.62. The maximum atomic E-state index is 13.4. The van der Waals surface area contributed by atoms with Crippen LogP contribution in [0.4, 0.5) is 21.0 Å². The monoisotopic (exact) mass is 960 g/mol. The summed E-state index contributed by atoms with van der Waals surface area (Å²) in [6.07, 6.45) is 12.5. The third kappa shape index (κ3) is 13.7. The highest BCUT2D eigenvalue weighted by molar-refractivity contribution is 9.10. The minimum absolute atomic E-state index is 0.00723. The van der Waals surface area contributed by atoms with Crippen LogP contribution in [-0.2, 0) is 22.6 Å². The van der Waals surface area contributed by atoms with E-state index in [1.165, 1.54) is 39.2 Å². The van der Waals surface area contributed by atoms with E-state index in [2.05, 4.69) is 20.3 Å². The van der Waals surface area contributed by atoms with Crippen LogP contribution in [-0.4, -0.2) is 91.4 Å². The molecule has 0 saturated carbocycles. The van der Waals surface area contributed by atoms with Crippen molar-refractivity contribution in [3.8, 4) is 11.1 Å². The van der Waals surface area contributed by atoms with Gasteiger partial charge in [0.25, 0.3) is 0 Å². The van der Waals surface area contributed by atoms with Crippen LogP contribution >= 0.6 is 15.9 Å². The summed E-state index contributed by atoms with van der Waals surface area (Å²) in [5.41, 5.74) is 6.98. The van der Waals surface area contributed by atoms with Crippen LogP contribution in [0.2, 0.25) is 0 Å². The molecule has 4 amide bonds. The van der Waals surface area contributed by atoms with Crippen LogP contribution < -0.4 is 15.3 Å². The normalized spacial score (nSPS) is 13.2. The van der Waals surface area contributed by atoms with Crippen LogP contribution in [0.5, 0.6) is 0 Å². The molecular formula is C50H54BBrN4O10. The molecule has 344 valence electrons. The third-order valence-corrected chi connectivity index (χ3v) is 11.7. The highest BCUT2D eigenvalue weighted by Gasteiger charge is 2.26. The lowest BCUT2D eigenvalue weighted by atomic mass is 9.83. The molecule has 0 unspecified atom stereocenters. The van der Waals surface area contributed by atoms with Crippen molar-refractivity contribution in [1.29, 1.82) is 0 Å². The van der Waals surface area contributed by atoms with Crippen molar-refractivity contribution < 1.29 is 47.5 Å². The zero-order valence-corrected chi connectivity index (χ0v) is 38.7. The van der Waals surface area contributed by atoms with Crippen molar-refractivity contribution in [2.75, 3.05) is 50.2 Å². The molecule has 0 aliphatic carbocycles. The molecule has 2 fully saturated rings. The number of halogens is 1. The van der Waals surface area contributed by atoms with Gasteiger partial charge in [-0.3, -0.25) is 9.80 Å². The van der Waals surface area contributed by atoms with Crippen molar-refractivity contribution in [2.45, 2.75) is 51.6 Å². The number of carbonyl (C=O) groups excluding carboxylic acids is 4. The molecule has 0 atom stereocenters. The molecule has 2 aliphatic heterocycles. The van der Waals surface area contributed by atoms with Crippen molar-refractivity contribution in [2.24, 2.45) is 0 Å². The second kappa shape index (κ2) is 24.6. The van der Waals surface area contributed by atoms with E-state index in [9.17, 15) is 19.2 Å². The fraction of sp³-hybridized carbons (Fsp3) is 0.280. The summed E-state index contributed by atoms with van der Waals surface area (Å²) >= 11 is 3.45. The zero-order valence-electron chi connectivity index (χ0n) is 37.1. The van der Waals surface area contributed by atoms with Crippen LogP contribution in [0.3, 0.4) is 0 Å². The van der Waals surface area contributed by atoms with E-state index in [4.69, 9.17) is 23.9 Å². The van der Waals surface area contributed by atoms with Crippen molar-refractivity contribution in [3.63, 3.8) is 0 Å². The number of esters is 2. The predicted molar refractivity (Wildman–Crippen MR) is 256 cm³/mol. The van der Waals surface area contributed by atoms with Crippen LogP contribution in [0, 0.1) is 0 Å². The molecule has 8 rings (SSSR count). The number of ether oxygens (including phenoxy) is 2. The number of furan rings is 2. The van der Waals surface area contributed by atoms with Gasteiger partial charge in [0.05, 0.1) is 63.5 Å². The first-order chi connectivity index (χ1) is 32.0.